The Hall–Kier alpha value is -1.10. The predicted molar refractivity (Wildman–Crippen MR) is 111 cm³/mol. The number of hydrogen-bond donors (Lipinski definition) is 4. The van der Waals surface area contributed by atoms with Crippen molar-refractivity contribution in [3.8, 4) is 0 Å². The molecule has 0 saturated carbocycles. The Kier molecular flexibility index (Phi) is 11.0. The summed E-state index contributed by atoms with van der Waals surface area (Å²) >= 11 is 0. The first kappa shape index (κ1) is 23.9. The van der Waals surface area contributed by atoms with Crippen molar-refractivity contribution >= 4 is 41.8 Å². The van der Waals surface area contributed by atoms with Gasteiger partial charge in [-0.25, -0.2) is 0 Å². The molecule has 1 saturated heterocycles. The van der Waals surface area contributed by atoms with Crippen molar-refractivity contribution in [3.05, 3.63) is 0 Å². The van der Waals surface area contributed by atoms with Gasteiger partial charge in [-0.2, -0.15) is 0 Å². The second-order valence-electron chi connectivity index (χ2n) is 6.83. The van der Waals surface area contributed by atoms with Gasteiger partial charge in [0.1, 0.15) is 0 Å². The van der Waals surface area contributed by atoms with Crippen LogP contribution in [0.1, 0.15) is 33.6 Å². The Bertz CT molecular complexity index is 462. The molecule has 2 amide bonds. The number of hydrogen-bond acceptors (Lipinski definition) is 4. The third kappa shape index (κ3) is 8.70. The van der Waals surface area contributed by atoms with Gasteiger partial charge in [0.2, 0.25) is 11.8 Å². The molecule has 5 N–H and O–H groups in total. The third-order valence-corrected chi connectivity index (χ3v) is 4.18. The predicted octanol–water partition coefficient (Wildman–Crippen LogP) is -0.119. The van der Waals surface area contributed by atoms with Gasteiger partial charge in [-0.3, -0.25) is 19.5 Å². The number of rotatable bonds is 7. The summed E-state index contributed by atoms with van der Waals surface area (Å²) in [6.07, 6.45) is 1.85. The van der Waals surface area contributed by atoms with Gasteiger partial charge >= 0.3 is 0 Å². The minimum absolute atomic E-state index is 0. The molecule has 0 spiro atoms. The SMILES string of the molecule is CCNC(=O)C(C)(C)CNC(=NC)NC1CCN(CC(N)=O)CC1.I. The number of carbonyl (C=O) groups is 2. The number of aliphatic imine (C=N–C) groups is 1. The summed E-state index contributed by atoms with van der Waals surface area (Å²) in [6.45, 7) is 8.83. The largest absolute Gasteiger partial charge is 0.369 e. The first-order valence-corrected chi connectivity index (χ1v) is 8.54. The van der Waals surface area contributed by atoms with E-state index in [1.807, 2.05) is 20.8 Å². The third-order valence-electron chi connectivity index (χ3n) is 4.18. The molecular formula is C16H33IN6O2. The topological polar surface area (TPSA) is 112 Å². The average Bonchev–Trinajstić information content (AvgIpc) is 2.52. The second-order valence-corrected chi connectivity index (χ2v) is 6.83. The minimum Gasteiger partial charge on any atom is -0.369 e. The summed E-state index contributed by atoms with van der Waals surface area (Å²) in [5.74, 6) is 0.430. The van der Waals surface area contributed by atoms with E-state index in [0.717, 1.165) is 25.9 Å². The molecule has 0 aromatic rings. The van der Waals surface area contributed by atoms with Crippen LogP contribution in [0.3, 0.4) is 0 Å². The molecule has 25 heavy (non-hydrogen) atoms. The number of carbonyl (C=O) groups excluding carboxylic acids is 2. The van der Waals surface area contributed by atoms with E-state index >= 15 is 0 Å². The summed E-state index contributed by atoms with van der Waals surface area (Å²) in [5, 5.41) is 9.46. The Morgan fingerprint density at radius 3 is 2.32 bits per heavy atom. The fourth-order valence-corrected chi connectivity index (χ4v) is 2.63. The first-order chi connectivity index (χ1) is 11.3. The molecule has 1 rings (SSSR count). The lowest BCUT2D eigenvalue weighted by molar-refractivity contribution is -0.128. The maximum absolute atomic E-state index is 12.0. The highest BCUT2D eigenvalue weighted by Crippen LogP contribution is 2.14. The minimum atomic E-state index is -0.515. The number of nitrogens with two attached hydrogens (primary N) is 1. The summed E-state index contributed by atoms with van der Waals surface area (Å²) in [4.78, 5) is 29.3. The monoisotopic (exact) mass is 468 g/mol. The average molecular weight is 468 g/mol. The van der Waals surface area contributed by atoms with Crippen LogP contribution in [0.15, 0.2) is 4.99 Å². The van der Waals surface area contributed by atoms with Crippen molar-refractivity contribution < 1.29 is 9.59 Å². The summed E-state index contributed by atoms with van der Waals surface area (Å²) in [7, 11) is 1.72. The quantitative estimate of drug-likeness (QED) is 0.237. The standard InChI is InChI=1S/C16H32N6O2.HI/c1-5-19-14(24)16(2,3)11-20-15(18-4)21-12-6-8-22(9-7-12)10-13(17)23;/h12H,5-11H2,1-4H3,(H2,17,23)(H,19,24)(H2,18,20,21);1H. The maximum atomic E-state index is 12.0. The number of halogens is 1. The van der Waals surface area contributed by atoms with Gasteiger partial charge in [0.05, 0.1) is 12.0 Å². The van der Waals surface area contributed by atoms with Crippen LogP contribution >= 0.6 is 24.0 Å². The van der Waals surface area contributed by atoms with E-state index in [4.69, 9.17) is 5.73 Å². The summed E-state index contributed by atoms with van der Waals surface area (Å²) in [5.41, 5.74) is 4.71. The maximum Gasteiger partial charge on any atom is 0.231 e. The lowest BCUT2D eigenvalue weighted by atomic mass is 9.92. The lowest BCUT2D eigenvalue weighted by Crippen LogP contribution is -2.52. The number of piperidine rings is 1. The van der Waals surface area contributed by atoms with Crippen LogP contribution in [0.2, 0.25) is 0 Å². The first-order valence-electron chi connectivity index (χ1n) is 8.54. The van der Waals surface area contributed by atoms with Crippen molar-refractivity contribution in [3.63, 3.8) is 0 Å². The molecule has 0 aromatic heterocycles. The molecule has 0 bridgehead atoms. The van der Waals surface area contributed by atoms with Crippen molar-refractivity contribution in [1.29, 1.82) is 0 Å². The normalized spacial score (nSPS) is 16.7. The zero-order valence-corrected chi connectivity index (χ0v) is 18.1. The number of amides is 2. The van der Waals surface area contributed by atoms with Crippen LogP contribution in [0.5, 0.6) is 0 Å². The highest BCUT2D eigenvalue weighted by atomic mass is 127. The fraction of sp³-hybridized carbons (Fsp3) is 0.812. The zero-order chi connectivity index (χ0) is 18.2. The van der Waals surface area contributed by atoms with E-state index < -0.39 is 5.41 Å². The number of nitrogens with one attached hydrogen (secondary N) is 3. The Morgan fingerprint density at radius 1 is 1.24 bits per heavy atom. The number of primary amides is 1. The molecule has 8 nitrogen and oxygen atoms in total. The van der Waals surface area contributed by atoms with Gasteiger partial charge < -0.3 is 21.7 Å². The number of likely N-dealkylation sites (tertiary alicyclic amines) is 1. The van der Waals surface area contributed by atoms with E-state index in [1.165, 1.54) is 0 Å². The molecular weight excluding hydrogens is 435 g/mol. The van der Waals surface area contributed by atoms with E-state index in [1.54, 1.807) is 7.05 Å². The summed E-state index contributed by atoms with van der Waals surface area (Å²) in [6, 6.07) is 0.299. The van der Waals surface area contributed by atoms with Crippen LogP contribution in [-0.4, -0.2) is 68.5 Å². The van der Waals surface area contributed by atoms with Crippen LogP contribution < -0.4 is 21.7 Å². The molecule has 0 radical (unpaired) electrons. The van der Waals surface area contributed by atoms with Crippen molar-refractivity contribution in [2.45, 2.75) is 39.7 Å². The van der Waals surface area contributed by atoms with E-state index in [2.05, 4.69) is 25.8 Å². The molecule has 9 heteroatoms. The van der Waals surface area contributed by atoms with E-state index in [9.17, 15) is 9.59 Å². The van der Waals surface area contributed by atoms with Crippen molar-refractivity contribution in [2.24, 2.45) is 16.1 Å². The molecule has 1 heterocycles. The number of guanidine groups is 1. The van der Waals surface area contributed by atoms with Crippen molar-refractivity contribution in [1.82, 2.24) is 20.9 Å². The lowest BCUT2D eigenvalue weighted by Gasteiger charge is -2.33. The Morgan fingerprint density at radius 2 is 1.84 bits per heavy atom. The Balaban J connectivity index is 0.00000576. The van der Waals surface area contributed by atoms with Crippen LogP contribution in [-0.2, 0) is 9.59 Å². The van der Waals surface area contributed by atoms with Crippen LogP contribution in [0.25, 0.3) is 0 Å². The smallest absolute Gasteiger partial charge is 0.231 e. The van der Waals surface area contributed by atoms with Crippen molar-refractivity contribution in [2.75, 3.05) is 39.8 Å². The molecule has 0 aromatic carbocycles. The van der Waals surface area contributed by atoms with Crippen LogP contribution in [0, 0.1) is 5.41 Å². The number of nitrogens with zero attached hydrogens (tertiary/aromatic N) is 2. The molecule has 0 aliphatic carbocycles. The van der Waals surface area contributed by atoms with Crippen LogP contribution in [0.4, 0.5) is 0 Å². The van der Waals surface area contributed by atoms with E-state index in [-0.39, 0.29) is 35.8 Å². The van der Waals surface area contributed by atoms with Gasteiger partial charge in [0.25, 0.3) is 0 Å². The van der Waals surface area contributed by atoms with Gasteiger partial charge in [-0.1, -0.05) is 0 Å². The highest BCUT2D eigenvalue weighted by molar-refractivity contribution is 14.0. The molecule has 0 atom stereocenters. The molecule has 0 unspecified atom stereocenters. The molecule has 1 fully saturated rings. The second kappa shape index (κ2) is 11.5. The van der Waals surface area contributed by atoms with Gasteiger partial charge in [0.15, 0.2) is 5.96 Å². The van der Waals surface area contributed by atoms with E-state index in [0.29, 0.717) is 31.6 Å². The fourth-order valence-electron chi connectivity index (χ4n) is 2.63. The van der Waals surface area contributed by atoms with Gasteiger partial charge in [0, 0.05) is 39.3 Å². The highest BCUT2D eigenvalue weighted by Gasteiger charge is 2.28. The molecule has 146 valence electrons. The summed E-state index contributed by atoms with van der Waals surface area (Å²) < 4.78 is 0. The van der Waals surface area contributed by atoms with Gasteiger partial charge in [-0.15, -0.1) is 24.0 Å². The zero-order valence-electron chi connectivity index (χ0n) is 15.7. The van der Waals surface area contributed by atoms with Gasteiger partial charge in [-0.05, 0) is 33.6 Å². The Labute approximate surface area is 167 Å². The molecule has 1 aliphatic rings. The molecule has 1 aliphatic heterocycles.